The summed E-state index contributed by atoms with van der Waals surface area (Å²) in [7, 11) is 1.55. The minimum absolute atomic E-state index is 0.0145. The number of hydrogen-bond donors (Lipinski definition) is 2. The van der Waals surface area contributed by atoms with Gasteiger partial charge >= 0.3 is 0 Å². The van der Waals surface area contributed by atoms with E-state index in [0.29, 0.717) is 11.3 Å². The number of amides is 2. The standard InChI is InChI=1S/C20H24N2O3/c1-13(2)25-17-11-14(3)10-16(12-17)19(23)22-18(20(24)21-4)15-8-6-5-7-9-15/h5-13,18H,1-4H3,(H,21,24)(H,22,23)/t18-/m1/s1. The van der Waals surface area contributed by atoms with Gasteiger partial charge in [-0.15, -0.1) is 0 Å². The number of ether oxygens (including phenoxy) is 1. The van der Waals surface area contributed by atoms with Crippen LogP contribution < -0.4 is 15.4 Å². The molecule has 0 radical (unpaired) electrons. The Bertz CT molecular complexity index is 742. The zero-order chi connectivity index (χ0) is 18.4. The zero-order valence-electron chi connectivity index (χ0n) is 15.0. The first-order valence-corrected chi connectivity index (χ1v) is 8.26. The number of likely N-dealkylation sites (N-methyl/N-ethyl adjacent to an activating group) is 1. The molecule has 0 aliphatic heterocycles. The lowest BCUT2D eigenvalue weighted by atomic mass is 10.0. The van der Waals surface area contributed by atoms with Crippen molar-refractivity contribution in [1.29, 1.82) is 0 Å². The van der Waals surface area contributed by atoms with Crippen LogP contribution in [0.25, 0.3) is 0 Å². The lowest BCUT2D eigenvalue weighted by Gasteiger charge is -2.18. The average Bonchev–Trinajstić information content (AvgIpc) is 2.58. The summed E-state index contributed by atoms with van der Waals surface area (Å²) >= 11 is 0. The Morgan fingerprint density at radius 1 is 1.04 bits per heavy atom. The van der Waals surface area contributed by atoms with E-state index in [0.717, 1.165) is 11.1 Å². The van der Waals surface area contributed by atoms with Gasteiger partial charge in [0, 0.05) is 12.6 Å². The largest absolute Gasteiger partial charge is 0.491 e. The third-order valence-electron chi connectivity index (χ3n) is 3.60. The monoisotopic (exact) mass is 340 g/mol. The number of carbonyl (C=O) groups excluding carboxylic acids is 2. The van der Waals surface area contributed by atoms with Crippen molar-refractivity contribution in [2.24, 2.45) is 0 Å². The second-order valence-corrected chi connectivity index (χ2v) is 6.13. The molecule has 0 spiro atoms. The molecule has 0 saturated heterocycles. The fraction of sp³-hybridized carbons (Fsp3) is 0.300. The summed E-state index contributed by atoms with van der Waals surface area (Å²) in [6.07, 6.45) is 0.0145. The molecule has 2 aromatic rings. The van der Waals surface area contributed by atoms with E-state index in [2.05, 4.69) is 10.6 Å². The molecule has 0 fully saturated rings. The van der Waals surface area contributed by atoms with Crippen LogP contribution in [0.4, 0.5) is 0 Å². The zero-order valence-corrected chi connectivity index (χ0v) is 15.0. The van der Waals surface area contributed by atoms with Gasteiger partial charge in [0.2, 0.25) is 5.91 Å². The molecule has 132 valence electrons. The molecule has 0 bridgehead atoms. The molecule has 0 saturated carbocycles. The number of hydrogen-bond acceptors (Lipinski definition) is 3. The summed E-state index contributed by atoms with van der Waals surface area (Å²) in [5.41, 5.74) is 2.10. The first kappa shape index (κ1) is 18.5. The van der Waals surface area contributed by atoms with Gasteiger partial charge in [0.25, 0.3) is 5.91 Å². The van der Waals surface area contributed by atoms with Gasteiger partial charge in [0.05, 0.1) is 6.10 Å². The molecule has 0 aliphatic rings. The Kier molecular flexibility index (Phi) is 6.17. The van der Waals surface area contributed by atoms with Crippen molar-refractivity contribution in [3.8, 4) is 5.75 Å². The van der Waals surface area contributed by atoms with Crippen LogP contribution >= 0.6 is 0 Å². The lowest BCUT2D eigenvalue weighted by molar-refractivity contribution is -0.122. The Labute approximate surface area is 148 Å². The molecule has 0 unspecified atom stereocenters. The average molecular weight is 340 g/mol. The van der Waals surface area contributed by atoms with Crippen LogP contribution in [-0.4, -0.2) is 25.0 Å². The smallest absolute Gasteiger partial charge is 0.252 e. The van der Waals surface area contributed by atoms with Crippen LogP contribution in [0.5, 0.6) is 5.75 Å². The van der Waals surface area contributed by atoms with Crippen LogP contribution in [-0.2, 0) is 4.79 Å². The maximum Gasteiger partial charge on any atom is 0.252 e. The van der Waals surface area contributed by atoms with Crippen LogP contribution in [0.1, 0.15) is 41.4 Å². The van der Waals surface area contributed by atoms with Crippen LogP contribution in [0, 0.1) is 6.92 Å². The van der Waals surface area contributed by atoms with E-state index in [-0.39, 0.29) is 17.9 Å². The highest BCUT2D eigenvalue weighted by molar-refractivity contribution is 5.98. The topological polar surface area (TPSA) is 67.4 Å². The van der Waals surface area contributed by atoms with E-state index in [1.165, 1.54) is 0 Å². The summed E-state index contributed by atoms with van der Waals surface area (Å²) in [6.45, 7) is 5.76. The summed E-state index contributed by atoms with van der Waals surface area (Å²) in [5.74, 6) is 0.0389. The first-order chi connectivity index (χ1) is 11.9. The van der Waals surface area contributed by atoms with Crippen molar-refractivity contribution < 1.29 is 14.3 Å². The third-order valence-corrected chi connectivity index (χ3v) is 3.60. The Hall–Kier alpha value is -2.82. The number of aryl methyl sites for hydroxylation is 1. The van der Waals surface area contributed by atoms with Crippen LogP contribution in [0.15, 0.2) is 48.5 Å². The maximum absolute atomic E-state index is 12.7. The molecule has 1 atom stereocenters. The molecule has 5 heteroatoms. The van der Waals surface area contributed by atoms with Crippen molar-refractivity contribution in [3.63, 3.8) is 0 Å². The van der Waals surface area contributed by atoms with Crippen molar-refractivity contribution in [2.45, 2.75) is 32.9 Å². The van der Waals surface area contributed by atoms with Gasteiger partial charge in [-0.05, 0) is 50.1 Å². The van der Waals surface area contributed by atoms with Crippen molar-refractivity contribution in [1.82, 2.24) is 10.6 Å². The van der Waals surface area contributed by atoms with Gasteiger partial charge in [0.15, 0.2) is 0 Å². The molecule has 0 heterocycles. The molecule has 2 aromatic carbocycles. The van der Waals surface area contributed by atoms with E-state index in [4.69, 9.17) is 4.74 Å². The fourth-order valence-electron chi connectivity index (χ4n) is 2.52. The summed E-state index contributed by atoms with van der Waals surface area (Å²) < 4.78 is 5.68. The van der Waals surface area contributed by atoms with Crippen molar-refractivity contribution in [3.05, 3.63) is 65.2 Å². The van der Waals surface area contributed by atoms with Crippen LogP contribution in [0.2, 0.25) is 0 Å². The maximum atomic E-state index is 12.7. The molecule has 2 rings (SSSR count). The first-order valence-electron chi connectivity index (χ1n) is 8.26. The molecule has 0 aliphatic carbocycles. The molecule has 2 amide bonds. The summed E-state index contributed by atoms with van der Waals surface area (Å²) in [6, 6.07) is 13.7. The normalized spacial score (nSPS) is 11.7. The molecule has 5 nitrogen and oxygen atoms in total. The molecular formula is C20H24N2O3. The Morgan fingerprint density at radius 2 is 1.72 bits per heavy atom. The van der Waals surface area contributed by atoms with Gasteiger partial charge in [-0.25, -0.2) is 0 Å². The summed E-state index contributed by atoms with van der Waals surface area (Å²) in [5, 5.41) is 5.39. The van der Waals surface area contributed by atoms with E-state index in [1.54, 1.807) is 19.2 Å². The van der Waals surface area contributed by atoms with Crippen LogP contribution in [0.3, 0.4) is 0 Å². The van der Waals surface area contributed by atoms with Gasteiger partial charge in [-0.3, -0.25) is 9.59 Å². The molecule has 0 aromatic heterocycles. The molecule has 2 N–H and O–H groups in total. The summed E-state index contributed by atoms with van der Waals surface area (Å²) in [4.78, 5) is 24.9. The number of nitrogens with one attached hydrogen (secondary N) is 2. The second kappa shape index (κ2) is 8.33. The number of benzene rings is 2. The minimum Gasteiger partial charge on any atom is -0.491 e. The van der Waals surface area contributed by atoms with Crippen molar-refractivity contribution in [2.75, 3.05) is 7.05 Å². The van der Waals surface area contributed by atoms with E-state index in [9.17, 15) is 9.59 Å². The van der Waals surface area contributed by atoms with Crippen molar-refractivity contribution >= 4 is 11.8 Å². The Morgan fingerprint density at radius 3 is 2.32 bits per heavy atom. The minimum atomic E-state index is -0.756. The van der Waals surface area contributed by atoms with Gasteiger partial charge in [-0.2, -0.15) is 0 Å². The number of carbonyl (C=O) groups is 2. The third kappa shape index (κ3) is 5.08. The highest BCUT2D eigenvalue weighted by atomic mass is 16.5. The number of rotatable bonds is 6. The van der Waals surface area contributed by atoms with E-state index < -0.39 is 6.04 Å². The predicted molar refractivity (Wildman–Crippen MR) is 97.7 cm³/mol. The van der Waals surface area contributed by atoms with Gasteiger partial charge in [-0.1, -0.05) is 30.3 Å². The second-order valence-electron chi connectivity index (χ2n) is 6.13. The fourth-order valence-corrected chi connectivity index (χ4v) is 2.52. The molecular weight excluding hydrogens is 316 g/mol. The Balaban J connectivity index is 2.26. The van der Waals surface area contributed by atoms with E-state index in [1.807, 2.05) is 57.2 Å². The quantitative estimate of drug-likeness (QED) is 0.849. The van der Waals surface area contributed by atoms with E-state index >= 15 is 0 Å². The highest BCUT2D eigenvalue weighted by Crippen LogP contribution is 2.20. The van der Waals surface area contributed by atoms with Gasteiger partial charge < -0.3 is 15.4 Å². The molecule has 25 heavy (non-hydrogen) atoms. The SMILES string of the molecule is CNC(=O)[C@H](NC(=O)c1cc(C)cc(OC(C)C)c1)c1ccccc1. The lowest BCUT2D eigenvalue weighted by Crippen LogP contribution is -2.39. The predicted octanol–water partition coefficient (Wildman–Crippen LogP) is 3.00. The van der Waals surface area contributed by atoms with Gasteiger partial charge in [0.1, 0.15) is 11.8 Å². The highest BCUT2D eigenvalue weighted by Gasteiger charge is 2.22.